The van der Waals surface area contributed by atoms with Gasteiger partial charge in [0.15, 0.2) is 5.82 Å². The Morgan fingerprint density at radius 1 is 0.962 bits per heavy atom. The van der Waals surface area contributed by atoms with Crippen molar-refractivity contribution in [2.75, 3.05) is 10.6 Å². The van der Waals surface area contributed by atoms with E-state index in [1.807, 2.05) is 0 Å². The van der Waals surface area contributed by atoms with E-state index in [-0.39, 0.29) is 10.7 Å². The number of nitrogens with one attached hydrogen (secondary N) is 2. The number of rotatable bonds is 4. The van der Waals surface area contributed by atoms with Crippen LogP contribution in [0.25, 0.3) is 0 Å². The molecule has 0 aliphatic heterocycles. The molecule has 0 unspecified atom stereocenters. The number of aromatic nitrogens is 3. The third-order valence-electron chi connectivity index (χ3n) is 3.27. The second-order valence-corrected chi connectivity index (χ2v) is 5.86. The second-order valence-electron chi connectivity index (χ2n) is 5.45. The summed E-state index contributed by atoms with van der Waals surface area (Å²) in [4.78, 5) is 8.38. The molecule has 0 amide bonds. The molecule has 0 saturated carbocycles. The minimum atomic E-state index is -4.55. The van der Waals surface area contributed by atoms with Gasteiger partial charge in [0.05, 0.1) is 10.6 Å². The maximum absolute atomic E-state index is 13.0. The van der Waals surface area contributed by atoms with E-state index in [9.17, 15) is 13.2 Å². The number of alkyl halides is 3. The van der Waals surface area contributed by atoms with Crippen molar-refractivity contribution in [3.63, 3.8) is 0 Å². The zero-order valence-corrected chi connectivity index (χ0v) is 14.4. The number of anilines is 4. The molecule has 2 N–H and O–H groups in total. The van der Waals surface area contributed by atoms with Gasteiger partial charge in [-0.15, -0.1) is 0 Å². The van der Waals surface area contributed by atoms with Crippen LogP contribution in [0.3, 0.4) is 0 Å². The van der Waals surface area contributed by atoms with Crippen molar-refractivity contribution in [1.82, 2.24) is 15.1 Å². The zero-order valence-electron chi connectivity index (χ0n) is 13.6. The SMILES string of the molecule is Cc1nc(Nc2ccc(Cl)c(C(F)(F)F)c2)cc(Nc2cc(C)on2)n1. The lowest BCUT2D eigenvalue weighted by Crippen LogP contribution is -2.07. The highest BCUT2D eigenvalue weighted by Gasteiger charge is 2.33. The molecule has 0 aliphatic carbocycles. The average Bonchev–Trinajstić information content (AvgIpc) is 2.92. The summed E-state index contributed by atoms with van der Waals surface area (Å²) in [6.07, 6.45) is -4.55. The van der Waals surface area contributed by atoms with Crippen LogP contribution in [-0.2, 0) is 6.18 Å². The Kier molecular flexibility index (Phi) is 4.73. The molecule has 0 atom stereocenters. The fourth-order valence-electron chi connectivity index (χ4n) is 2.22. The Balaban J connectivity index is 1.86. The fraction of sp³-hybridized carbons (Fsp3) is 0.188. The van der Waals surface area contributed by atoms with Crippen LogP contribution in [0.2, 0.25) is 5.02 Å². The molecule has 2 aromatic heterocycles. The summed E-state index contributed by atoms with van der Waals surface area (Å²) >= 11 is 5.63. The third-order valence-corrected chi connectivity index (χ3v) is 3.60. The predicted octanol–water partition coefficient (Wildman–Crippen LogP) is 5.24. The van der Waals surface area contributed by atoms with Crippen LogP contribution in [0.1, 0.15) is 17.1 Å². The number of benzene rings is 1. The monoisotopic (exact) mass is 383 g/mol. The number of halogens is 4. The van der Waals surface area contributed by atoms with Gasteiger partial charge in [0.2, 0.25) is 0 Å². The molecule has 0 bridgehead atoms. The molecule has 0 aliphatic rings. The molecular formula is C16H13ClF3N5O. The van der Waals surface area contributed by atoms with Crippen molar-refractivity contribution in [3.8, 4) is 0 Å². The molecule has 0 saturated heterocycles. The van der Waals surface area contributed by atoms with Crippen LogP contribution in [-0.4, -0.2) is 15.1 Å². The maximum atomic E-state index is 13.0. The molecule has 0 radical (unpaired) electrons. The van der Waals surface area contributed by atoms with Crippen LogP contribution < -0.4 is 10.6 Å². The smallest absolute Gasteiger partial charge is 0.360 e. The predicted molar refractivity (Wildman–Crippen MR) is 91.0 cm³/mol. The van der Waals surface area contributed by atoms with Gasteiger partial charge in [-0.3, -0.25) is 0 Å². The Labute approximate surface area is 151 Å². The highest BCUT2D eigenvalue weighted by atomic mass is 35.5. The molecule has 6 nitrogen and oxygen atoms in total. The van der Waals surface area contributed by atoms with E-state index < -0.39 is 11.7 Å². The summed E-state index contributed by atoms with van der Waals surface area (Å²) in [6.45, 7) is 3.41. The molecule has 3 rings (SSSR count). The van der Waals surface area contributed by atoms with Gasteiger partial charge in [-0.05, 0) is 32.0 Å². The van der Waals surface area contributed by atoms with Gasteiger partial charge in [-0.1, -0.05) is 16.8 Å². The van der Waals surface area contributed by atoms with Gasteiger partial charge in [-0.25, -0.2) is 9.97 Å². The van der Waals surface area contributed by atoms with Crippen molar-refractivity contribution < 1.29 is 17.7 Å². The second kappa shape index (κ2) is 6.83. The highest BCUT2D eigenvalue weighted by Crippen LogP contribution is 2.36. The number of hydrogen-bond acceptors (Lipinski definition) is 6. The van der Waals surface area contributed by atoms with Crippen LogP contribution >= 0.6 is 11.6 Å². The Bertz CT molecular complexity index is 942. The highest BCUT2D eigenvalue weighted by molar-refractivity contribution is 6.31. The lowest BCUT2D eigenvalue weighted by Gasteiger charge is -2.13. The van der Waals surface area contributed by atoms with E-state index >= 15 is 0 Å². The van der Waals surface area contributed by atoms with E-state index in [0.29, 0.717) is 29.0 Å². The minimum Gasteiger partial charge on any atom is -0.360 e. The minimum absolute atomic E-state index is 0.197. The Morgan fingerprint density at radius 2 is 1.65 bits per heavy atom. The number of nitrogens with zero attached hydrogens (tertiary/aromatic N) is 3. The first-order valence-corrected chi connectivity index (χ1v) is 7.78. The van der Waals surface area contributed by atoms with E-state index in [4.69, 9.17) is 16.1 Å². The van der Waals surface area contributed by atoms with Crippen molar-refractivity contribution >= 4 is 34.7 Å². The van der Waals surface area contributed by atoms with Gasteiger partial charge in [-0.2, -0.15) is 13.2 Å². The van der Waals surface area contributed by atoms with Gasteiger partial charge in [0, 0.05) is 17.8 Å². The van der Waals surface area contributed by atoms with Gasteiger partial charge in [0.25, 0.3) is 0 Å². The Morgan fingerprint density at radius 3 is 2.27 bits per heavy atom. The molecule has 0 spiro atoms. The summed E-state index contributed by atoms with van der Waals surface area (Å²) in [5, 5.41) is 9.19. The van der Waals surface area contributed by atoms with Crippen molar-refractivity contribution in [2.45, 2.75) is 20.0 Å². The van der Waals surface area contributed by atoms with E-state index in [1.54, 1.807) is 26.0 Å². The van der Waals surface area contributed by atoms with Crippen LogP contribution in [0, 0.1) is 13.8 Å². The summed E-state index contributed by atoms with van der Waals surface area (Å²) in [5.41, 5.74) is -0.727. The summed E-state index contributed by atoms with van der Waals surface area (Å²) in [6, 6.07) is 6.76. The van der Waals surface area contributed by atoms with Crippen molar-refractivity contribution in [3.05, 3.63) is 52.5 Å². The first-order valence-electron chi connectivity index (χ1n) is 7.40. The summed E-state index contributed by atoms with van der Waals surface area (Å²) in [7, 11) is 0. The number of aryl methyl sites for hydroxylation is 2. The third kappa shape index (κ3) is 4.23. The fourth-order valence-corrected chi connectivity index (χ4v) is 2.45. The van der Waals surface area contributed by atoms with E-state index in [2.05, 4.69) is 25.8 Å². The molecule has 0 fully saturated rings. The Hall–Kier alpha value is -2.81. The van der Waals surface area contributed by atoms with Crippen molar-refractivity contribution in [1.29, 1.82) is 0 Å². The van der Waals surface area contributed by atoms with E-state index in [1.165, 1.54) is 12.1 Å². The lowest BCUT2D eigenvalue weighted by molar-refractivity contribution is -0.137. The molecule has 1 aromatic carbocycles. The normalized spacial score (nSPS) is 11.5. The molecule has 2 heterocycles. The summed E-state index contributed by atoms with van der Waals surface area (Å²) in [5.74, 6) is 2.23. The van der Waals surface area contributed by atoms with Gasteiger partial charge in [0.1, 0.15) is 23.2 Å². The van der Waals surface area contributed by atoms with Crippen LogP contribution in [0.5, 0.6) is 0 Å². The topological polar surface area (TPSA) is 75.9 Å². The quantitative estimate of drug-likeness (QED) is 0.641. The van der Waals surface area contributed by atoms with Gasteiger partial charge < -0.3 is 15.2 Å². The molecule has 136 valence electrons. The van der Waals surface area contributed by atoms with E-state index in [0.717, 1.165) is 6.07 Å². The van der Waals surface area contributed by atoms with Gasteiger partial charge >= 0.3 is 6.18 Å². The lowest BCUT2D eigenvalue weighted by atomic mass is 10.2. The summed E-state index contributed by atoms with van der Waals surface area (Å²) < 4.78 is 43.9. The first kappa shape index (κ1) is 18.0. The molecular weight excluding hydrogens is 371 g/mol. The van der Waals surface area contributed by atoms with Crippen molar-refractivity contribution in [2.24, 2.45) is 0 Å². The largest absolute Gasteiger partial charge is 0.417 e. The van der Waals surface area contributed by atoms with Crippen LogP contribution in [0.4, 0.5) is 36.3 Å². The maximum Gasteiger partial charge on any atom is 0.417 e. The van der Waals surface area contributed by atoms with Crippen LogP contribution in [0.15, 0.2) is 34.9 Å². The molecule has 10 heteroatoms. The average molecular weight is 384 g/mol. The molecule has 26 heavy (non-hydrogen) atoms. The zero-order chi connectivity index (χ0) is 18.9. The first-order chi connectivity index (χ1) is 12.2. The standard InChI is InChI=1S/C16H13ClF3N5O/c1-8-5-15(25-26-8)24-14-7-13(21-9(2)22-14)23-10-3-4-12(17)11(6-10)16(18,19)20/h3-7H,1-2H3,(H2,21,22,23,24,25). The number of hydrogen-bond donors (Lipinski definition) is 2. The molecule has 3 aromatic rings.